The first-order valence-electron chi connectivity index (χ1n) is 6.11. The molecule has 0 aliphatic carbocycles. The van der Waals surface area contributed by atoms with Gasteiger partial charge in [-0.15, -0.1) is 0 Å². The zero-order chi connectivity index (χ0) is 12.3. The number of benzene rings is 1. The molecule has 0 bridgehead atoms. The molecule has 1 aliphatic rings. The van der Waals surface area contributed by atoms with E-state index in [1.807, 2.05) is 32.0 Å². The Balaban J connectivity index is 2.03. The molecule has 1 N–H and O–H groups in total. The zero-order valence-electron chi connectivity index (χ0n) is 10.4. The van der Waals surface area contributed by atoms with E-state index in [1.165, 1.54) is 5.56 Å². The van der Waals surface area contributed by atoms with E-state index >= 15 is 0 Å². The van der Waals surface area contributed by atoms with Gasteiger partial charge in [-0.1, -0.05) is 30.3 Å². The first-order valence-corrected chi connectivity index (χ1v) is 6.11. The Kier molecular flexibility index (Phi) is 3.82. The lowest BCUT2D eigenvalue weighted by molar-refractivity contribution is -0.147. The number of rotatable bonds is 4. The Morgan fingerprint density at radius 2 is 1.76 bits per heavy atom. The zero-order valence-corrected chi connectivity index (χ0v) is 10.4. The van der Waals surface area contributed by atoms with E-state index in [0.29, 0.717) is 6.42 Å². The number of ether oxygens (including phenoxy) is 2. The molecule has 3 heteroatoms. The highest BCUT2D eigenvalue weighted by Gasteiger charge is 2.40. The minimum absolute atomic E-state index is 0.0183. The van der Waals surface area contributed by atoms with E-state index in [2.05, 4.69) is 12.1 Å². The molecular weight excluding hydrogens is 216 g/mol. The molecule has 1 aromatic carbocycles. The molecule has 1 heterocycles. The highest BCUT2D eigenvalue weighted by Crippen LogP contribution is 2.31. The molecule has 1 saturated heterocycles. The van der Waals surface area contributed by atoms with Crippen LogP contribution in [0.15, 0.2) is 30.3 Å². The average molecular weight is 236 g/mol. The second-order valence-electron chi connectivity index (χ2n) is 4.91. The van der Waals surface area contributed by atoms with Crippen LogP contribution in [0.2, 0.25) is 0 Å². The topological polar surface area (TPSA) is 38.7 Å². The van der Waals surface area contributed by atoms with Gasteiger partial charge in [-0.3, -0.25) is 0 Å². The predicted octanol–water partition coefficient (Wildman–Crippen LogP) is 2.13. The third-order valence-electron chi connectivity index (χ3n) is 2.98. The quantitative estimate of drug-likeness (QED) is 0.870. The van der Waals surface area contributed by atoms with Gasteiger partial charge in [0.25, 0.3) is 0 Å². The van der Waals surface area contributed by atoms with Crippen LogP contribution in [-0.4, -0.2) is 29.7 Å². The van der Waals surface area contributed by atoms with Gasteiger partial charge in [-0.25, -0.2) is 0 Å². The van der Waals surface area contributed by atoms with Crippen molar-refractivity contribution in [2.75, 3.05) is 6.61 Å². The fraction of sp³-hybridized carbons (Fsp3) is 0.571. The molecule has 0 amide bonds. The molecule has 0 radical (unpaired) electrons. The van der Waals surface area contributed by atoms with Crippen LogP contribution >= 0.6 is 0 Å². The van der Waals surface area contributed by atoms with Crippen LogP contribution in [0.4, 0.5) is 0 Å². The van der Waals surface area contributed by atoms with Gasteiger partial charge in [-0.05, 0) is 25.8 Å². The first-order chi connectivity index (χ1) is 8.11. The molecule has 17 heavy (non-hydrogen) atoms. The fourth-order valence-corrected chi connectivity index (χ4v) is 2.30. The molecule has 0 saturated carbocycles. The summed E-state index contributed by atoms with van der Waals surface area (Å²) in [6, 6.07) is 10.2. The Labute approximate surface area is 102 Å². The average Bonchev–Trinajstić information content (AvgIpc) is 2.55. The summed E-state index contributed by atoms with van der Waals surface area (Å²) in [4.78, 5) is 0. The summed E-state index contributed by atoms with van der Waals surface area (Å²) in [6.45, 7) is 3.97. The van der Waals surface area contributed by atoms with E-state index in [0.717, 1.165) is 6.42 Å². The van der Waals surface area contributed by atoms with E-state index in [4.69, 9.17) is 14.6 Å². The molecule has 1 aromatic rings. The molecule has 94 valence electrons. The Morgan fingerprint density at radius 1 is 1.12 bits per heavy atom. The normalized spacial score (nSPS) is 27.2. The van der Waals surface area contributed by atoms with Crippen LogP contribution in [-0.2, 0) is 15.9 Å². The van der Waals surface area contributed by atoms with Crippen molar-refractivity contribution in [2.24, 2.45) is 0 Å². The smallest absolute Gasteiger partial charge is 0.163 e. The Morgan fingerprint density at radius 3 is 2.41 bits per heavy atom. The van der Waals surface area contributed by atoms with Crippen molar-refractivity contribution in [2.45, 2.75) is 44.7 Å². The van der Waals surface area contributed by atoms with E-state index in [-0.39, 0.29) is 18.8 Å². The van der Waals surface area contributed by atoms with E-state index in [9.17, 15) is 0 Å². The summed E-state index contributed by atoms with van der Waals surface area (Å²) in [5.41, 5.74) is 1.24. The molecule has 0 aromatic heterocycles. The van der Waals surface area contributed by atoms with Crippen LogP contribution in [0.25, 0.3) is 0 Å². The van der Waals surface area contributed by atoms with Crippen LogP contribution < -0.4 is 0 Å². The monoisotopic (exact) mass is 236 g/mol. The minimum atomic E-state index is -0.542. The van der Waals surface area contributed by atoms with Crippen LogP contribution in [0.1, 0.15) is 25.8 Å². The number of aliphatic hydroxyl groups excluding tert-OH is 1. The third kappa shape index (κ3) is 3.28. The molecule has 2 atom stereocenters. The molecule has 3 nitrogen and oxygen atoms in total. The molecule has 2 rings (SSSR count). The van der Waals surface area contributed by atoms with Gasteiger partial charge in [-0.2, -0.15) is 0 Å². The fourth-order valence-electron chi connectivity index (χ4n) is 2.30. The number of aliphatic hydroxyl groups is 1. The van der Waals surface area contributed by atoms with Crippen molar-refractivity contribution in [3.63, 3.8) is 0 Å². The maximum atomic E-state index is 9.05. The van der Waals surface area contributed by atoms with Crippen LogP contribution in [0.5, 0.6) is 0 Å². The Bertz CT molecular complexity index is 348. The SMILES string of the molecule is CC1(C)O[C@@H](CCO)[C@H](Cc2ccccc2)O1. The van der Waals surface area contributed by atoms with Crippen molar-refractivity contribution in [3.05, 3.63) is 35.9 Å². The molecule has 1 fully saturated rings. The lowest BCUT2D eigenvalue weighted by Gasteiger charge is -2.16. The van der Waals surface area contributed by atoms with Crippen molar-refractivity contribution in [1.82, 2.24) is 0 Å². The van der Waals surface area contributed by atoms with Gasteiger partial charge >= 0.3 is 0 Å². The number of hydrogen-bond donors (Lipinski definition) is 1. The summed E-state index contributed by atoms with van der Waals surface area (Å²) in [5.74, 6) is -0.542. The second kappa shape index (κ2) is 5.17. The van der Waals surface area contributed by atoms with Gasteiger partial charge in [0.2, 0.25) is 0 Å². The lowest BCUT2D eigenvalue weighted by Crippen LogP contribution is -2.25. The largest absolute Gasteiger partial charge is 0.396 e. The van der Waals surface area contributed by atoms with Gasteiger partial charge < -0.3 is 14.6 Å². The summed E-state index contributed by atoms with van der Waals surface area (Å²) >= 11 is 0. The van der Waals surface area contributed by atoms with Crippen molar-refractivity contribution >= 4 is 0 Å². The highest BCUT2D eigenvalue weighted by atomic mass is 16.7. The van der Waals surface area contributed by atoms with Crippen LogP contribution in [0, 0.1) is 0 Å². The van der Waals surface area contributed by atoms with Crippen LogP contribution in [0.3, 0.4) is 0 Å². The highest BCUT2D eigenvalue weighted by molar-refractivity contribution is 5.16. The van der Waals surface area contributed by atoms with Gasteiger partial charge in [0.15, 0.2) is 5.79 Å². The third-order valence-corrected chi connectivity index (χ3v) is 2.98. The number of hydrogen-bond acceptors (Lipinski definition) is 3. The van der Waals surface area contributed by atoms with E-state index < -0.39 is 5.79 Å². The minimum Gasteiger partial charge on any atom is -0.396 e. The molecular formula is C14H20O3. The molecule has 0 unspecified atom stereocenters. The summed E-state index contributed by atoms with van der Waals surface area (Å²) in [7, 11) is 0. The standard InChI is InChI=1S/C14H20O3/c1-14(2)16-12(8-9-15)13(17-14)10-11-6-4-3-5-7-11/h3-7,12-13,15H,8-10H2,1-2H3/t12-,13-/m0/s1. The van der Waals surface area contributed by atoms with Gasteiger partial charge in [0, 0.05) is 13.0 Å². The lowest BCUT2D eigenvalue weighted by atomic mass is 10.0. The van der Waals surface area contributed by atoms with Crippen molar-refractivity contribution in [3.8, 4) is 0 Å². The van der Waals surface area contributed by atoms with E-state index in [1.54, 1.807) is 0 Å². The Hall–Kier alpha value is -0.900. The predicted molar refractivity (Wildman–Crippen MR) is 65.7 cm³/mol. The van der Waals surface area contributed by atoms with Gasteiger partial charge in [0.05, 0.1) is 12.2 Å². The molecule has 1 aliphatic heterocycles. The maximum Gasteiger partial charge on any atom is 0.163 e. The maximum absolute atomic E-state index is 9.05. The van der Waals surface area contributed by atoms with Gasteiger partial charge in [0.1, 0.15) is 0 Å². The van der Waals surface area contributed by atoms with Crippen molar-refractivity contribution < 1.29 is 14.6 Å². The van der Waals surface area contributed by atoms with Crippen molar-refractivity contribution in [1.29, 1.82) is 0 Å². The summed E-state index contributed by atoms with van der Waals surface area (Å²) in [6.07, 6.45) is 1.46. The first kappa shape index (κ1) is 12.6. The second-order valence-corrected chi connectivity index (χ2v) is 4.91. The molecule has 0 spiro atoms. The summed E-state index contributed by atoms with van der Waals surface area (Å²) < 4.78 is 11.7. The summed E-state index contributed by atoms with van der Waals surface area (Å²) in [5, 5.41) is 9.05.